The van der Waals surface area contributed by atoms with E-state index in [1.807, 2.05) is 43.7 Å². The highest BCUT2D eigenvalue weighted by molar-refractivity contribution is 5.77. The maximum Gasteiger partial charge on any atom is 0.201 e. The van der Waals surface area contributed by atoms with E-state index < -0.39 is 0 Å². The van der Waals surface area contributed by atoms with Gasteiger partial charge in [-0.15, -0.1) is 0 Å². The van der Waals surface area contributed by atoms with Gasteiger partial charge in [0.2, 0.25) is 5.95 Å². The van der Waals surface area contributed by atoms with Crippen molar-refractivity contribution in [1.82, 2.24) is 19.7 Å². The summed E-state index contributed by atoms with van der Waals surface area (Å²) >= 11 is 0. The van der Waals surface area contributed by atoms with E-state index in [2.05, 4.69) is 27.3 Å². The molecule has 18 heavy (non-hydrogen) atoms. The summed E-state index contributed by atoms with van der Waals surface area (Å²) in [5.74, 6) is 0.785. The Labute approximate surface area is 105 Å². The first-order valence-electron chi connectivity index (χ1n) is 5.92. The Morgan fingerprint density at radius 3 is 2.89 bits per heavy atom. The van der Waals surface area contributed by atoms with E-state index in [9.17, 15) is 0 Å². The summed E-state index contributed by atoms with van der Waals surface area (Å²) < 4.78 is 1.80. The first kappa shape index (κ1) is 10.8. The van der Waals surface area contributed by atoms with Crippen LogP contribution in [0.1, 0.15) is 18.5 Å². The summed E-state index contributed by atoms with van der Waals surface area (Å²) in [4.78, 5) is 7.74. The number of benzene rings is 1. The van der Waals surface area contributed by atoms with Crippen LogP contribution in [0.15, 0.2) is 36.7 Å². The van der Waals surface area contributed by atoms with E-state index in [0.29, 0.717) is 0 Å². The number of anilines is 1. The average molecular weight is 241 g/mol. The molecule has 0 saturated carbocycles. The molecule has 0 bridgehead atoms. The van der Waals surface area contributed by atoms with Crippen molar-refractivity contribution in [3.8, 4) is 0 Å². The highest BCUT2D eigenvalue weighted by Crippen LogP contribution is 2.19. The molecule has 0 amide bonds. The molecule has 1 atom stereocenters. The molecule has 0 saturated heterocycles. The van der Waals surface area contributed by atoms with Gasteiger partial charge in [0.05, 0.1) is 23.3 Å². The minimum absolute atomic E-state index is 0.166. The zero-order valence-corrected chi connectivity index (χ0v) is 10.4. The van der Waals surface area contributed by atoms with E-state index >= 15 is 0 Å². The Balaban J connectivity index is 1.83. The first-order valence-corrected chi connectivity index (χ1v) is 5.92. The summed E-state index contributed by atoms with van der Waals surface area (Å²) in [7, 11) is 1.91. The van der Waals surface area contributed by atoms with Crippen LogP contribution in [0.3, 0.4) is 0 Å². The van der Waals surface area contributed by atoms with Crippen molar-refractivity contribution in [1.29, 1.82) is 0 Å². The summed E-state index contributed by atoms with van der Waals surface area (Å²) in [6.07, 6.45) is 3.86. The monoisotopic (exact) mass is 241 g/mol. The Bertz CT molecular complexity index is 634. The first-order chi connectivity index (χ1) is 8.72. The standard InChI is InChI=1S/C13H15N5/c1-9(10-7-14-18(2)8-10)15-13-16-11-5-3-4-6-12(11)17-13/h3-9H,1-2H3,(H2,15,16,17). The molecule has 92 valence electrons. The molecular weight excluding hydrogens is 226 g/mol. The van der Waals surface area contributed by atoms with Crippen molar-refractivity contribution in [3.63, 3.8) is 0 Å². The number of aromatic nitrogens is 4. The molecule has 0 radical (unpaired) electrons. The van der Waals surface area contributed by atoms with Gasteiger partial charge in [-0.1, -0.05) is 12.1 Å². The van der Waals surface area contributed by atoms with Crippen molar-refractivity contribution in [3.05, 3.63) is 42.2 Å². The highest BCUT2D eigenvalue weighted by atomic mass is 15.2. The Kier molecular flexibility index (Phi) is 2.51. The second-order valence-corrected chi connectivity index (χ2v) is 4.42. The number of aromatic amines is 1. The highest BCUT2D eigenvalue weighted by Gasteiger charge is 2.09. The minimum atomic E-state index is 0.166. The number of nitrogens with one attached hydrogen (secondary N) is 2. The molecule has 1 unspecified atom stereocenters. The smallest absolute Gasteiger partial charge is 0.201 e. The van der Waals surface area contributed by atoms with Crippen LogP contribution in [0.25, 0.3) is 11.0 Å². The lowest BCUT2D eigenvalue weighted by Gasteiger charge is -2.10. The second kappa shape index (κ2) is 4.18. The number of hydrogen-bond donors (Lipinski definition) is 2. The topological polar surface area (TPSA) is 58.5 Å². The minimum Gasteiger partial charge on any atom is -0.349 e. The lowest BCUT2D eigenvalue weighted by molar-refractivity contribution is 0.765. The molecule has 3 aromatic rings. The Hall–Kier alpha value is -2.30. The van der Waals surface area contributed by atoms with Crippen molar-refractivity contribution in [2.75, 3.05) is 5.32 Å². The molecule has 2 N–H and O–H groups in total. The molecule has 5 heteroatoms. The number of para-hydroxylation sites is 2. The molecule has 0 aliphatic heterocycles. The number of hydrogen-bond acceptors (Lipinski definition) is 3. The number of rotatable bonds is 3. The molecule has 0 spiro atoms. The number of H-pyrrole nitrogens is 1. The molecule has 0 fully saturated rings. The Morgan fingerprint density at radius 2 is 2.17 bits per heavy atom. The zero-order valence-electron chi connectivity index (χ0n) is 10.4. The average Bonchev–Trinajstić information content (AvgIpc) is 2.94. The normalized spacial score (nSPS) is 12.8. The number of imidazole rings is 1. The third kappa shape index (κ3) is 1.95. The van der Waals surface area contributed by atoms with Gasteiger partial charge < -0.3 is 10.3 Å². The van der Waals surface area contributed by atoms with Gasteiger partial charge in [-0.3, -0.25) is 4.68 Å². The zero-order chi connectivity index (χ0) is 12.5. The summed E-state index contributed by atoms with van der Waals surface area (Å²) in [6.45, 7) is 2.09. The quantitative estimate of drug-likeness (QED) is 0.740. The van der Waals surface area contributed by atoms with Crippen molar-refractivity contribution < 1.29 is 0 Å². The van der Waals surface area contributed by atoms with Crippen LogP contribution in [-0.2, 0) is 7.05 Å². The van der Waals surface area contributed by atoms with Crippen LogP contribution in [0.4, 0.5) is 5.95 Å². The van der Waals surface area contributed by atoms with Gasteiger partial charge in [-0.25, -0.2) is 4.98 Å². The molecule has 0 aliphatic carbocycles. The second-order valence-electron chi connectivity index (χ2n) is 4.42. The fraction of sp³-hybridized carbons (Fsp3) is 0.231. The molecular formula is C13H15N5. The maximum absolute atomic E-state index is 4.49. The summed E-state index contributed by atoms with van der Waals surface area (Å²) in [5, 5.41) is 7.51. The van der Waals surface area contributed by atoms with E-state index in [-0.39, 0.29) is 6.04 Å². The van der Waals surface area contributed by atoms with Gasteiger partial charge in [0.1, 0.15) is 0 Å². The number of aryl methyl sites for hydroxylation is 1. The van der Waals surface area contributed by atoms with E-state index in [4.69, 9.17) is 0 Å². The van der Waals surface area contributed by atoms with Crippen LogP contribution in [-0.4, -0.2) is 19.7 Å². The number of nitrogens with zero attached hydrogens (tertiary/aromatic N) is 3. The third-order valence-electron chi connectivity index (χ3n) is 2.97. The lowest BCUT2D eigenvalue weighted by Crippen LogP contribution is -2.06. The Morgan fingerprint density at radius 1 is 1.33 bits per heavy atom. The van der Waals surface area contributed by atoms with E-state index in [1.54, 1.807) is 4.68 Å². The van der Waals surface area contributed by atoms with Crippen molar-refractivity contribution in [2.24, 2.45) is 7.05 Å². The van der Waals surface area contributed by atoms with E-state index in [1.165, 1.54) is 0 Å². The fourth-order valence-electron chi connectivity index (χ4n) is 1.97. The van der Waals surface area contributed by atoms with E-state index in [0.717, 1.165) is 22.5 Å². The summed E-state index contributed by atoms with van der Waals surface area (Å²) in [6, 6.07) is 8.15. The molecule has 2 aromatic heterocycles. The fourth-order valence-corrected chi connectivity index (χ4v) is 1.97. The third-order valence-corrected chi connectivity index (χ3v) is 2.97. The predicted octanol–water partition coefficient (Wildman–Crippen LogP) is 2.47. The van der Waals surface area contributed by atoms with Gasteiger partial charge in [0.25, 0.3) is 0 Å². The molecule has 1 aromatic carbocycles. The molecule has 5 nitrogen and oxygen atoms in total. The van der Waals surface area contributed by atoms with Gasteiger partial charge in [0.15, 0.2) is 0 Å². The SMILES string of the molecule is CC(Nc1nc2ccccc2[nH]1)c1cnn(C)c1. The lowest BCUT2D eigenvalue weighted by atomic mass is 10.2. The van der Waals surface area contributed by atoms with Gasteiger partial charge in [-0.05, 0) is 19.1 Å². The van der Waals surface area contributed by atoms with Crippen molar-refractivity contribution in [2.45, 2.75) is 13.0 Å². The van der Waals surface area contributed by atoms with Gasteiger partial charge >= 0.3 is 0 Å². The maximum atomic E-state index is 4.49. The number of fused-ring (bicyclic) bond motifs is 1. The van der Waals surface area contributed by atoms with Crippen LogP contribution in [0.2, 0.25) is 0 Å². The van der Waals surface area contributed by atoms with Crippen LogP contribution < -0.4 is 5.32 Å². The molecule has 2 heterocycles. The largest absolute Gasteiger partial charge is 0.349 e. The van der Waals surface area contributed by atoms with Gasteiger partial charge in [0, 0.05) is 18.8 Å². The van der Waals surface area contributed by atoms with Crippen LogP contribution in [0, 0.1) is 0 Å². The van der Waals surface area contributed by atoms with Crippen LogP contribution in [0.5, 0.6) is 0 Å². The molecule has 3 rings (SSSR count). The summed E-state index contributed by atoms with van der Waals surface area (Å²) in [5.41, 5.74) is 3.15. The van der Waals surface area contributed by atoms with Gasteiger partial charge in [-0.2, -0.15) is 5.10 Å². The van der Waals surface area contributed by atoms with Crippen LogP contribution >= 0.6 is 0 Å². The molecule has 0 aliphatic rings. The predicted molar refractivity (Wildman–Crippen MR) is 71.3 cm³/mol. The van der Waals surface area contributed by atoms with Crippen molar-refractivity contribution >= 4 is 17.0 Å².